The van der Waals surface area contributed by atoms with Crippen LogP contribution >= 0.6 is 34.0 Å². The van der Waals surface area contributed by atoms with E-state index in [4.69, 9.17) is 5.21 Å². The van der Waals surface area contributed by atoms with Gasteiger partial charge >= 0.3 is 0 Å². The van der Waals surface area contributed by atoms with Crippen molar-refractivity contribution < 1.29 is 23.2 Å². The Morgan fingerprint density at radius 1 is 1.19 bits per heavy atom. The molecule has 0 saturated carbocycles. The number of nitrogens with one attached hydrogen (secondary N) is 1. The third-order valence-corrected chi connectivity index (χ3v) is 11.5. The molecule has 1 saturated heterocycles. The van der Waals surface area contributed by atoms with Gasteiger partial charge in [-0.1, -0.05) is 0 Å². The lowest BCUT2D eigenvalue weighted by molar-refractivity contribution is -0.129. The van der Waals surface area contributed by atoms with Gasteiger partial charge in [0.2, 0.25) is 5.91 Å². The van der Waals surface area contributed by atoms with E-state index in [1.807, 2.05) is 24.4 Å². The van der Waals surface area contributed by atoms with Gasteiger partial charge in [0.1, 0.15) is 4.75 Å². The van der Waals surface area contributed by atoms with Crippen LogP contribution in [0, 0.1) is 6.92 Å². The maximum atomic E-state index is 13.6. The van der Waals surface area contributed by atoms with Crippen LogP contribution in [0.5, 0.6) is 0 Å². The minimum atomic E-state index is -3.83. The molecule has 3 aromatic heterocycles. The molecule has 2 N–H and O–H groups in total. The molecular formula is C21H22N2O5S4. The first kappa shape index (κ1) is 23.1. The van der Waals surface area contributed by atoms with Gasteiger partial charge in [0.05, 0.1) is 17.7 Å². The Bertz CT molecular complexity index is 1230. The highest BCUT2D eigenvalue weighted by Gasteiger charge is 2.50. The summed E-state index contributed by atoms with van der Waals surface area (Å²) in [6.07, 6.45) is -0.336. The van der Waals surface area contributed by atoms with Crippen molar-refractivity contribution in [1.29, 1.82) is 0 Å². The van der Waals surface area contributed by atoms with E-state index in [0.717, 1.165) is 15.3 Å². The Balaban J connectivity index is 1.73. The Morgan fingerprint density at radius 2 is 2.00 bits per heavy atom. The van der Waals surface area contributed by atoms with E-state index in [1.54, 1.807) is 39.7 Å². The highest BCUT2D eigenvalue weighted by atomic mass is 32.2. The van der Waals surface area contributed by atoms with Gasteiger partial charge in [-0.3, -0.25) is 14.8 Å². The van der Waals surface area contributed by atoms with Crippen molar-refractivity contribution in [2.45, 2.75) is 24.5 Å². The first-order chi connectivity index (χ1) is 15.3. The monoisotopic (exact) mass is 510 g/mol. The Kier molecular flexibility index (Phi) is 6.55. The van der Waals surface area contributed by atoms with Crippen LogP contribution in [0.25, 0.3) is 9.75 Å². The van der Waals surface area contributed by atoms with Crippen LogP contribution in [0.2, 0.25) is 0 Å². The summed E-state index contributed by atoms with van der Waals surface area (Å²) < 4.78 is 25.7. The zero-order valence-electron chi connectivity index (χ0n) is 17.2. The standard InChI is InChI=1S/C21H22N2O5S4/c1-14-10-17(30-12-14)16-2-3-18(31-16)21(11-19(24)22-26)5-6-23(7-9-32(21,27)28)20(25)15-4-8-29-13-15/h2-4,8,10,12-13,26H,5-7,9,11H2,1H3,(H,22,24). The summed E-state index contributed by atoms with van der Waals surface area (Å²) in [6, 6.07) is 7.38. The quantitative estimate of drug-likeness (QED) is 0.400. The molecule has 32 heavy (non-hydrogen) atoms. The molecule has 2 amide bonds. The highest BCUT2D eigenvalue weighted by Crippen LogP contribution is 2.46. The Hall–Kier alpha value is -2.05. The van der Waals surface area contributed by atoms with E-state index >= 15 is 0 Å². The maximum absolute atomic E-state index is 13.6. The molecule has 11 heteroatoms. The molecule has 0 aromatic carbocycles. The van der Waals surface area contributed by atoms with Crippen molar-refractivity contribution in [3.05, 3.63) is 56.4 Å². The summed E-state index contributed by atoms with van der Waals surface area (Å²) in [5, 5.41) is 14.7. The molecule has 1 atom stereocenters. The van der Waals surface area contributed by atoms with Gasteiger partial charge in [0.25, 0.3) is 5.91 Å². The topological polar surface area (TPSA) is 104 Å². The van der Waals surface area contributed by atoms with Gasteiger partial charge in [0.15, 0.2) is 9.84 Å². The van der Waals surface area contributed by atoms with Crippen molar-refractivity contribution in [1.82, 2.24) is 10.4 Å². The van der Waals surface area contributed by atoms with Gasteiger partial charge in [-0.05, 0) is 53.9 Å². The van der Waals surface area contributed by atoms with Crippen molar-refractivity contribution in [3.8, 4) is 9.75 Å². The minimum Gasteiger partial charge on any atom is -0.338 e. The van der Waals surface area contributed by atoms with Gasteiger partial charge in [-0.15, -0.1) is 22.7 Å². The lowest BCUT2D eigenvalue weighted by Crippen LogP contribution is -2.41. The predicted molar refractivity (Wildman–Crippen MR) is 127 cm³/mol. The smallest absolute Gasteiger partial charge is 0.254 e. The van der Waals surface area contributed by atoms with E-state index in [0.29, 0.717) is 10.4 Å². The zero-order chi connectivity index (χ0) is 22.9. The molecule has 170 valence electrons. The number of carbonyl (C=O) groups excluding carboxylic acids is 2. The summed E-state index contributed by atoms with van der Waals surface area (Å²) in [4.78, 5) is 29.1. The largest absolute Gasteiger partial charge is 0.338 e. The second-order valence-electron chi connectivity index (χ2n) is 7.73. The first-order valence-corrected chi connectivity index (χ1v) is 14.2. The fourth-order valence-electron chi connectivity index (χ4n) is 3.92. The molecule has 1 unspecified atom stereocenters. The average Bonchev–Trinajstić information content (AvgIpc) is 3.52. The fraction of sp³-hybridized carbons (Fsp3) is 0.333. The molecule has 0 radical (unpaired) electrons. The lowest BCUT2D eigenvalue weighted by Gasteiger charge is -2.30. The second-order valence-corrected chi connectivity index (χ2v) is 12.9. The van der Waals surface area contributed by atoms with Gasteiger partial charge < -0.3 is 4.90 Å². The summed E-state index contributed by atoms with van der Waals surface area (Å²) in [5.41, 5.74) is 3.24. The van der Waals surface area contributed by atoms with Gasteiger partial charge in [-0.25, -0.2) is 13.9 Å². The number of amides is 2. The molecular weight excluding hydrogens is 489 g/mol. The number of aryl methyl sites for hydroxylation is 1. The molecule has 1 fully saturated rings. The van der Waals surface area contributed by atoms with E-state index in [-0.39, 0.29) is 31.2 Å². The van der Waals surface area contributed by atoms with Gasteiger partial charge in [0, 0.05) is 33.1 Å². The zero-order valence-corrected chi connectivity index (χ0v) is 20.5. The van der Waals surface area contributed by atoms with Crippen molar-refractivity contribution >= 4 is 55.7 Å². The number of sulfone groups is 1. The maximum Gasteiger partial charge on any atom is 0.254 e. The third kappa shape index (κ3) is 4.27. The van der Waals surface area contributed by atoms with Crippen LogP contribution in [-0.4, -0.2) is 49.2 Å². The number of thiophene rings is 3. The SMILES string of the molecule is Cc1csc(-c2ccc(C3(CC(=O)NO)CCN(C(=O)c4ccsc4)CCS3(=O)=O)s2)c1. The first-order valence-electron chi connectivity index (χ1n) is 9.88. The van der Waals surface area contributed by atoms with Crippen LogP contribution in [0.4, 0.5) is 0 Å². The molecule has 1 aliphatic heterocycles. The highest BCUT2D eigenvalue weighted by molar-refractivity contribution is 7.92. The normalized spacial score (nSPS) is 20.6. The fourth-order valence-corrected chi connectivity index (χ4v) is 9.15. The van der Waals surface area contributed by atoms with E-state index < -0.39 is 26.9 Å². The molecule has 7 nitrogen and oxygen atoms in total. The summed E-state index contributed by atoms with van der Waals surface area (Å²) in [6.45, 7) is 2.25. The number of hydroxylamine groups is 1. The minimum absolute atomic E-state index is 0.0574. The summed E-state index contributed by atoms with van der Waals surface area (Å²) in [7, 11) is -3.83. The summed E-state index contributed by atoms with van der Waals surface area (Å²) in [5.74, 6) is -1.25. The van der Waals surface area contributed by atoms with Gasteiger partial charge in [-0.2, -0.15) is 11.3 Å². The number of nitrogens with zero attached hydrogens (tertiary/aromatic N) is 1. The van der Waals surface area contributed by atoms with E-state index in [1.165, 1.54) is 27.6 Å². The molecule has 0 aliphatic carbocycles. The van der Waals surface area contributed by atoms with Crippen molar-refractivity contribution in [2.75, 3.05) is 18.8 Å². The average molecular weight is 511 g/mol. The second kappa shape index (κ2) is 9.06. The van der Waals surface area contributed by atoms with Crippen molar-refractivity contribution in [2.24, 2.45) is 0 Å². The number of hydrogen-bond donors (Lipinski definition) is 2. The molecule has 4 rings (SSSR count). The predicted octanol–water partition coefficient (Wildman–Crippen LogP) is 3.90. The Morgan fingerprint density at radius 3 is 2.66 bits per heavy atom. The molecule has 0 bridgehead atoms. The van der Waals surface area contributed by atoms with Crippen LogP contribution in [0.1, 0.15) is 33.6 Å². The van der Waals surface area contributed by atoms with Crippen LogP contribution < -0.4 is 5.48 Å². The van der Waals surface area contributed by atoms with Crippen LogP contribution in [0.3, 0.4) is 0 Å². The molecule has 4 heterocycles. The molecule has 0 spiro atoms. The number of carbonyl (C=O) groups is 2. The van der Waals surface area contributed by atoms with E-state index in [2.05, 4.69) is 0 Å². The number of hydrogen-bond acceptors (Lipinski definition) is 8. The lowest BCUT2D eigenvalue weighted by atomic mass is 9.97. The summed E-state index contributed by atoms with van der Waals surface area (Å²) >= 11 is 4.32. The third-order valence-electron chi connectivity index (χ3n) is 5.67. The molecule has 3 aromatic rings. The molecule has 1 aliphatic rings. The van der Waals surface area contributed by atoms with Crippen molar-refractivity contribution in [3.63, 3.8) is 0 Å². The number of rotatable bonds is 5. The van der Waals surface area contributed by atoms with Crippen LogP contribution in [0.15, 0.2) is 40.4 Å². The van der Waals surface area contributed by atoms with Crippen LogP contribution in [-0.2, 0) is 19.4 Å². The Labute approximate surface area is 198 Å². The van der Waals surface area contributed by atoms with E-state index in [9.17, 15) is 18.0 Å².